The SMILES string of the molecule is COC(=O)NN=Cc1cn(CCOc2cccc(OC)c2)c2ccccc12. The van der Waals surface area contributed by atoms with Crippen molar-refractivity contribution in [3.63, 3.8) is 0 Å². The number of fused-ring (bicyclic) bond motifs is 1. The molecule has 1 amide bonds. The van der Waals surface area contributed by atoms with Gasteiger partial charge in [-0.05, 0) is 18.2 Å². The van der Waals surface area contributed by atoms with Crippen molar-refractivity contribution in [1.82, 2.24) is 9.99 Å². The first kappa shape index (κ1) is 18.3. The third kappa shape index (κ3) is 4.58. The number of nitrogens with one attached hydrogen (secondary N) is 1. The Morgan fingerprint density at radius 2 is 1.96 bits per heavy atom. The Kier molecular flexibility index (Phi) is 5.94. The van der Waals surface area contributed by atoms with Gasteiger partial charge in [-0.3, -0.25) is 0 Å². The van der Waals surface area contributed by atoms with Crippen molar-refractivity contribution in [2.24, 2.45) is 5.10 Å². The predicted molar refractivity (Wildman–Crippen MR) is 104 cm³/mol. The molecule has 7 nitrogen and oxygen atoms in total. The minimum Gasteiger partial charge on any atom is -0.497 e. The summed E-state index contributed by atoms with van der Waals surface area (Å²) in [7, 11) is 2.92. The number of aromatic nitrogens is 1. The molecule has 0 bridgehead atoms. The number of methoxy groups -OCH3 is 2. The molecule has 0 fully saturated rings. The van der Waals surface area contributed by atoms with Crippen LogP contribution in [0.25, 0.3) is 10.9 Å². The average molecular weight is 367 g/mol. The second-order valence-corrected chi connectivity index (χ2v) is 5.68. The summed E-state index contributed by atoms with van der Waals surface area (Å²) >= 11 is 0. The second kappa shape index (κ2) is 8.75. The zero-order valence-electron chi connectivity index (χ0n) is 15.2. The fourth-order valence-electron chi connectivity index (χ4n) is 2.72. The van der Waals surface area contributed by atoms with Crippen molar-refractivity contribution >= 4 is 23.2 Å². The maximum absolute atomic E-state index is 11.1. The van der Waals surface area contributed by atoms with Crippen molar-refractivity contribution in [2.75, 3.05) is 20.8 Å². The van der Waals surface area contributed by atoms with E-state index in [4.69, 9.17) is 9.47 Å². The van der Waals surface area contributed by atoms with Crippen LogP contribution < -0.4 is 14.9 Å². The van der Waals surface area contributed by atoms with Crippen molar-refractivity contribution in [1.29, 1.82) is 0 Å². The topological polar surface area (TPSA) is 74.1 Å². The van der Waals surface area contributed by atoms with Crippen LogP contribution in [0.4, 0.5) is 4.79 Å². The standard InChI is InChI=1S/C20H21N3O4/c1-25-16-6-5-7-17(12-16)27-11-10-23-14-15(13-21-22-20(24)26-2)18-8-3-4-9-19(18)23/h3-9,12-14H,10-11H2,1-2H3,(H,22,24). The number of benzene rings is 2. The van der Waals surface area contributed by atoms with E-state index in [0.29, 0.717) is 13.2 Å². The molecular formula is C20H21N3O4. The smallest absolute Gasteiger partial charge is 0.427 e. The first-order valence-corrected chi connectivity index (χ1v) is 8.43. The molecule has 0 saturated carbocycles. The van der Waals surface area contributed by atoms with Crippen LogP contribution in [0.2, 0.25) is 0 Å². The number of nitrogens with zero attached hydrogens (tertiary/aromatic N) is 2. The van der Waals surface area contributed by atoms with E-state index in [2.05, 4.69) is 19.8 Å². The molecule has 27 heavy (non-hydrogen) atoms. The van der Waals surface area contributed by atoms with Gasteiger partial charge in [-0.1, -0.05) is 24.3 Å². The maximum atomic E-state index is 11.1. The number of amides is 1. The number of hydrogen-bond donors (Lipinski definition) is 1. The van der Waals surface area contributed by atoms with Gasteiger partial charge in [-0.15, -0.1) is 0 Å². The lowest BCUT2D eigenvalue weighted by Crippen LogP contribution is -2.16. The van der Waals surface area contributed by atoms with Crippen molar-refractivity contribution in [3.8, 4) is 11.5 Å². The van der Waals surface area contributed by atoms with Crippen LogP contribution in [0.3, 0.4) is 0 Å². The fraction of sp³-hybridized carbons (Fsp3) is 0.200. The van der Waals surface area contributed by atoms with Crippen molar-refractivity contribution < 1.29 is 19.0 Å². The van der Waals surface area contributed by atoms with E-state index in [9.17, 15) is 4.79 Å². The molecule has 0 aliphatic carbocycles. The number of rotatable bonds is 7. The van der Waals surface area contributed by atoms with Gasteiger partial charge in [0.25, 0.3) is 0 Å². The van der Waals surface area contributed by atoms with Crippen LogP contribution in [-0.2, 0) is 11.3 Å². The Labute approximate surface area is 157 Å². The number of para-hydroxylation sites is 1. The molecule has 0 aliphatic rings. The molecule has 7 heteroatoms. The monoisotopic (exact) mass is 367 g/mol. The molecule has 0 unspecified atom stereocenters. The van der Waals surface area contributed by atoms with E-state index in [1.807, 2.05) is 54.7 Å². The summed E-state index contributed by atoms with van der Waals surface area (Å²) in [5, 5.41) is 4.95. The normalized spacial score (nSPS) is 10.9. The van der Waals surface area contributed by atoms with E-state index in [-0.39, 0.29) is 0 Å². The predicted octanol–water partition coefficient (Wildman–Crippen LogP) is 3.42. The first-order chi connectivity index (χ1) is 13.2. The highest BCUT2D eigenvalue weighted by Crippen LogP contribution is 2.21. The molecule has 0 saturated heterocycles. The molecule has 140 valence electrons. The molecule has 3 aromatic rings. The zero-order valence-corrected chi connectivity index (χ0v) is 15.2. The third-order valence-corrected chi connectivity index (χ3v) is 4.01. The summed E-state index contributed by atoms with van der Waals surface area (Å²) < 4.78 is 17.6. The Balaban J connectivity index is 1.71. The Morgan fingerprint density at radius 1 is 1.15 bits per heavy atom. The first-order valence-electron chi connectivity index (χ1n) is 8.43. The molecule has 0 radical (unpaired) electrons. The van der Waals surface area contributed by atoms with Crippen LogP contribution in [0.15, 0.2) is 59.8 Å². The lowest BCUT2D eigenvalue weighted by atomic mass is 10.2. The summed E-state index contributed by atoms with van der Waals surface area (Å²) in [5.74, 6) is 1.52. The number of hydrogen-bond acceptors (Lipinski definition) is 5. The van der Waals surface area contributed by atoms with Gasteiger partial charge in [-0.25, -0.2) is 10.2 Å². The largest absolute Gasteiger partial charge is 0.497 e. The molecule has 0 aliphatic heterocycles. The van der Waals surface area contributed by atoms with E-state index in [1.165, 1.54) is 7.11 Å². The summed E-state index contributed by atoms with van der Waals surface area (Å²) in [6.07, 6.45) is 2.96. The van der Waals surface area contributed by atoms with Crippen molar-refractivity contribution in [3.05, 3.63) is 60.3 Å². The highest BCUT2D eigenvalue weighted by Gasteiger charge is 2.07. The minimum atomic E-state index is -0.610. The van der Waals surface area contributed by atoms with Gasteiger partial charge < -0.3 is 18.8 Å². The van der Waals surface area contributed by atoms with E-state index < -0.39 is 6.09 Å². The van der Waals surface area contributed by atoms with Crippen LogP contribution in [0, 0.1) is 0 Å². The Hall–Kier alpha value is -3.48. The quantitative estimate of drug-likeness (QED) is 0.513. The van der Waals surface area contributed by atoms with Gasteiger partial charge in [0.2, 0.25) is 0 Å². The van der Waals surface area contributed by atoms with E-state index in [0.717, 1.165) is 28.0 Å². The third-order valence-electron chi connectivity index (χ3n) is 4.01. The number of hydrazone groups is 1. The summed E-state index contributed by atoms with van der Waals surface area (Å²) in [6, 6.07) is 15.5. The van der Waals surface area contributed by atoms with Crippen LogP contribution in [0.5, 0.6) is 11.5 Å². The number of carbonyl (C=O) groups is 1. The molecule has 2 aromatic carbocycles. The summed E-state index contributed by atoms with van der Waals surface area (Å²) in [4.78, 5) is 11.1. The summed E-state index contributed by atoms with van der Waals surface area (Å²) in [5.41, 5.74) is 4.25. The molecule has 1 aromatic heterocycles. The highest BCUT2D eigenvalue weighted by atomic mass is 16.5. The molecular weight excluding hydrogens is 346 g/mol. The Bertz CT molecular complexity index is 949. The number of ether oxygens (including phenoxy) is 3. The Morgan fingerprint density at radius 3 is 2.78 bits per heavy atom. The van der Waals surface area contributed by atoms with Gasteiger partial charge in [0.05, 0.1) is 27.0 Å². The van der Waals surface area contributed by atoms with Gasteiger partial charge >= 0.3 is 6.09 Å². The number of carbonyl (C=O) groups excluding carboxylic acids is 1. The van der Waals surface area contributed by atoms with Gasteiger partial charge in [0.1, 0.15) is 18.1 Å². The average Bonchev–Trinajstić information content (AvgIpc) is 3.06. The molecule has 1 heterocycles. The lowest BCUT2D eigenvalue weighted by molar-refractivity contribution is 0.171. The molecule has 0 spiro atoms. The fourth-order valence-corrected chi connectivity index (χ4v) is 2.72. The zero-order chi connectivity index (χ0) is 19.1. The van der Waals surface area contributed by atoms with E-state index in [1.54, 1.807) is 13.3 Å². The van der Waals surface area contributed by atoms with Crippen LogP contribution in [0.1, 0.15) is 5.56 Å². The lowest BCUT2D eigenvalue weighted by Gasteiger charge is -2.09. The molecule has 1 N–H and O–H groups in total. The highest BCUT2D eigenvalue weighted by molar-refractivity contribution is 5.99. The molecule has 0 atom stereocenters. The maximum Gasteiger partial charge on any atom is 0.427 e. The van der Waals surface area contributed by atoms with Gasteiger partial charge in [0, 0.05) is 28.7 Å². The summed E-state index contributed by atoms with van der Waals surface area (Å²) in [6.45, 7) is 1.17. The van der Waals surface area contributed by atoms with Gasteiger partial charge in [0.15, 0.2) is 0 Å². The van der Waals surface area contributed by atoms with Crippen molar-refractivity contribution in [2.45, 2.75) is 6.54 Å². The second-order valence-electron chi connectivity index (χ2n) is 5.68. The molecule has 3 rings (SSSR count). The van der Waals surface area contributed by atoms with Crippen LogP contribution >= 0.6 is 0 Å². The minimum absolute atomic E-state index is 0.503. The van der Waals surface area contributed by atoms with Gasteiger partial charge in [-0.2, -0.15) is 5.10 Å². The van der Waals surface area contributed by atoms with E-state index >= 15 is 0 Å². The van der Waals surface area contributed by atoms with Crippen LogP contribution in [-0.4, -0.2) is 37.7 Å².